The van der Waals surface area contributed by atoms with Gasteiger partial charge in [-0.25, -0.2) is 4.39 Å². The number of benzene rings is 3. The van der Waals surface area contributed by atoms with Gasteiger partial charge in [-0.1, -0.05) is 30.3 Å². The van der Waals surface area contributed by atoms with Gasteiger partial charge in [0.15, 0.2) is 5.82 Å². The standard InChI is InChI=1S/C26H18FN5/c27-22-13-20(24-7-4-11-31(24)17-18-5-2-1-3-6-18)14-25-26(22)28-10-12-32(25)21-9-8-19-16-29-30-23(19)15-21/h1-9,11-16H,17H2,(H,29,30). The predicted octanol–water partition coefficient (Wildman–Crippen LogP) is 6.19. The van der Waals surface area contributed by atoms with Crippen molar-refractivity contribution in [2.75, 3.05) is 4.90 Å². The molecule has 0 saturated carbocycles. The van der Waals surface area contributed by atoms with Gasteiger partial charge in [-0.3, -0.25) is 5.10 Å². The van der Waals surface area contributed by atoms with Crippen LogP contribution in [-0.4, -0.2) is 20.6 Å². The summed E-state index contributed by atoms with van der Waals surface area (Å²) in [4.78, 5) is 6.09. The fraction of sp³-hybridized carbons (Fsp3) is 0.0385. The van der Waals surface area contributed by atoms with Gasteiger partial charge in [0.1, 0.15) is 5.69 Å². The number of aliphatic imine (C=N–C) groups is 1. The fourth-order valence-electron chi connectivity index (χ4n) is 4.13. The highest BCUT2D eigenvalue weighted by Crippen LogP contribution is 2.41. The Morgan fingerprint density at radius 3 is 2.78 bits per heavy atom. The first kappa shape index (κ1) is 18.4. The molecule has 0 radical (unpaired) electrons. The van der Waals surface area contributed by atoms with E-state index in [1.54, 1.807) is 18.5 Å². The number of hydrogen-bond donors (Lipinski definition) is 1. The van der Waals surface area contributed by atoms with Crippen LogP contribution in [-0.2, 0) is 6.54 Å². The Balaban J connectivity index is 1.44. The smallest absolute Gasteiger partial charge is 0.152 e. The number of anilines is 2. The Labute approximate surface area is 183 Å². The molecule has 32 heavy (non-hydrogen) atoms. The minimum absolute atomic E-state index is 0.280. The summed E-state index contributed by atoms with van der Waals surface area (Å²) in [5.74, 6) is 2.45. The van der Waals surface area contributed by atoms with E-state index in [1.807, 2.05) is 65.7 Å². The number of aromatic amines is 1. The van der Waals surface area contributed by atoms with Crippen LogP contribution in [0.4, 0.5) is 21.5 Å². The van der Waals surface area contributed by atoms with Crippen molar-refractivity contribution < 1.29 is 4.39 Å². The normalized spacial score (nSPS) is 12.5. The Morgan fingerprint density at radius 1 is 0.969 bits per heavy atom. The van der Waals surface area contributed by atoms with Crippen molar-refractivity contribution in [3.63, 3.8) is 0 Å². The Bertz CT molecular complexity index is 1510. The quantitative estimate of drug-likeness (QED) is 0.378. The van der Waals surface area contributed by atoms with E-state index in [0.29, 0.717) is 12.2 Å². The second-order valence-corrected chi connectivity index (χ2v) is 7.71. The Morgan fingerprint density at radius 2 is 1.88 bits per heavy atom. The summed E-state index contributed by atoms with van der Waals surface area (Å²) in [6.07, 6.45) is 5.52. The SMILES string of the molecule is Fc1cc(-c2cccn2Cc2ccccc2)cc2c1N=C=CN2c1ccc2cn[nH]c2c1. The summed E-state index contributed by atoms with van der Waals surface area (Å²) in [7, 11) is 0. The number of fused-ring (bicyclic) bond motifs is 2. The van der Waals surface area contributed by atoms with Gasteiger partial charge in [0, 0.05) is 40.9 Å². The zero-order valence-corrected chi connectivity index (χ0v) is 17.0. The summed E-state index contributed by atoms with van der Waals surface area (Å²) in [5, 5.41) is 8.09. The summed E-state index contributed by atoms with van der Waals surface area (Å²) >= 11 is 0. The maximum Gasteiger partial charge on any atom is 0.152 e. The number of hydrogen-bond acceptors (Lipinski definition) is 3. The lowest BCUT2D eigenvalue weighted by molar-refractivity contribution is 0.630. The number of aromatic nitrogens is 3. The molecule has 154 valence electrons. The molecule has 0 atom stereocenters. The van der Waals surface area contributed by atoms with Gasteiger partial charge in [-0.15, -0.1) is 0 Å². The molecule has 5 aromatic rings. The van der Waals surface area contributed by atoms with Gasteiger partial charge >= 0.3 is 0 Å². The van der Waals surface area contributed by atoms with Gasteiger partial charge in [0.2, 0.25) is 0 Å². The zero-order valence-electron chi connectivity index (χ0n) is 17.0. The van der Waals surface area contributed by atoms with E-state index < -0.39 is 0 Å². The van der Waals surface area contributed by atoms with Crippen LogP contribution in [0.5, 0.6) is 0 Å². The van der Waals surface area contributed by atoms with Gasteiger partial charge in [0.05, 0.1) is 23.6 Å². The van der Waals surface area contributed by atoms with Gasteiger partial charge in [-0.05, 0) is 48.0 Å². The fourth-order valence-corrected chi connectivity index (χ4v) is 4.13. The molecule has 0 unspecified atom stereocenters. The van der Waals surface area contributed by atoms with Crippen LogP contribution in [0.1, 0.15) is 5.56 Å². The topological polar surface area (TPSA) is 49.2 Å². The molecule has 5 nitrogen and oxygen atoms in total. The Kier molecular flexibility index (Phi) is 4.23. The number of nitrogens with zero attached hydrogens (tertiary/aromatic N) is 4. The summed E-state index contributed by atoms with van der Waals surface area (Å²) in [6, 6.07) is 23.7. The van der Waals surface area contributed by atoms with E-state index in [0.717, 1.165) is 27.8 Å². The first-order valence-electron chi connectivity index (χ1n) is 10.3. The molecule has 0 fully saturated rings. The molecule has 1 N–H and O–H groups in total. The van der Waals surface area contributed by atoms with Gasteiger partial charge < -0.3 is 9.47 Å². The van der Waals surface area contributed by atoms with Gasteiger partial charge in [0.25, 0.3) is 0 Å². The van der Waals surface area contributed by atoms with Crippen molar-refractivity contribution in [2.24, 2.45) is 4.99 Å². The third kappa shape index (κ3) is 3.11. The molecule has 0 amide bonds. The zero-order chi connectivity index (χ0) is 21.5. The van der Waals surface area contributed by atoms with Crippen LogP contribution in [0.3, 0.4) is 0 Å². The molecule has 1 aliphatic rings. The molecule has 0 aliphatic carbocycles. The lowest BCUT2D eigenvalue weighted by atomic mass is 10.1. The number of halogens is 1. The predicted molar refractivity (Wildman–Crippen MR) is 125 cm³/mol. The van der Waals surface area contributed by atoms with Crippen molar-refractivity contribution >= 4 is 33.8 Å². The molecule has 6 heteroatoms. The molecule has 3 heterocycles. The van der Waals surface area contributed by atoms with Crippen LogP contribution in [0.15, 0.2) is 96.4 Å². The lowest BCUT2D eigenvalue weighted by Gasteiger charge is -2.24. The average molecular weight is 419 g/mol. The molecule has 0 saturated heterocycles. The molecule has 6 rings (SSSR count). The maximum atomic E-state index is 15.2. The van der Waals surface area contributed by atoms with Crippen molar-refractivity contribution in [3.05, 3.63) is 103 Å². The second kappa shape index (κ2) is 7.38. The van der Waals surface area contributed by atoms with E-state index in [9.17, 15) is 0 Å². The van der Waals surface area contributed by atoms with Crippen molar-refractivity contribution in [1.29, 1.82) is 0 Å². The van der Waals surface area contributed by atoms with Crippen molar-refractivity contribution in [1.82, 2.24) is 14.8 Å². The number of H-pyrrole nitrogens is 1. The molecule has 3 aromatic carbocycles. The van der Waals surface area contributed by atoms with E-state index in [-0.39, 0.29) is 11.5 Å². The third-order valence-electron chi connectivity index (χ3n) is 5.69. The monoisotopic (exact) mass is 419 g/mol. The highest BCUT2D eigenvalue weighted by atomic mass is 19.1. The first-order valence-corrected chi connectivity index (χ1v) is 10.3. The minimum Gasteiger partial charge on any atom is -0.343 e. The minimum atomic E-state index is -0.377. The maximum absolute atomic E-state index is 15.2. The molecular weight excluding hydrogens is 401 g/mol. The summed E-state index contributed by atoms with van der Waals surface area (Å²) in [5.41, 5.74) is 5.66. The highest BCUT2D eigenvalue weighted by molar-refractivity contribution is 5.91. The van der Waals surface area contributed by atoms with Crippen LogP contribution in [0.2, 0.25) is 0 Å². The van der Waals surface area contributed by atoms with Crippen LogP contribution >= 0.6 is 0 Å². The largest absolute Gasteiger partial charge is 0.343 e. The second-order valence-electron chi connectivity index (χ2n) is 7.71. The number of rotatable bonds is 4. The molecule has 2 aromatic heterocycles. The van der Waals surface area contributed by atoms with E-state index in [1.165, 1.54) is 5.56 Å². The third-order valence-corrected chi connectivity index (χ3v) is 5.69. The van der Waals surface area contributed by atoms with Crippen LogP contribution in [0.25, 0.3) is 22.2 Å². The molecular formula is C26H18FN5. The van der Waals surface area contributed by atoms with Crippen LogP contribution in [0, 0.1) is 5.82 Å². The highest BCUT2D eigenvalue weighted by Gasteiger charge is 2.21. The molecule has 1 aliphatic heterocycles. The average Bonchev–Trinajstić information content (AvgIpc) is 3.48. The summed E-state index contributed by atoms with van der Waals surface area (Å²) in [6.45, 7) is 0.708. The number of nitrogens with one attached hydrogen (secondary N) is 1. The van der Waals surface area contributed by atoms with E-state index in [2.05, 4.69) is 37.8 Å². The Hall–Kier alpha value is -4.41. The van der Waals surface area contributed by atoms with E-state index in [4.69, 9.17) is 0 Å². The van der Waals surface area contributed by atoms with E-state index >= 15 is 4.39 Å². The van der Waals surface area contributed by atoms with Gasteiger partial charge in [-0.2, -0.15) is 10.1 Å². The van der Waals surface area contributed by atoms with Crippen LogP contribution < -0.4 is 4.90 Å². The molecule has 0 bridgehead atoms. The van der Waals surface area contributed by atoms with Crippen molar-refractivity contribution in [2.45, 2.75) is 6.54 Å². The lowest BCUT2D eigenvalue weighted by Crippen LogP contribution is -2.12. The molecule has 0 spiro atoms. The summed E-state index contributed by atoms with van der Waals surface area (Å²) < 4.78 is 17.3. The first-order chi connectivity index (χ1) is 15.8. The van der Waals surface area contributed by atoms with Crippen molar-refractivity contribution in [3.8, 4) is 11.3 Å².